The number of carbonyl (C=O) groups excluding carboxylic acids is 3. The highest BCUT2D eigenvalue weighted by atomic mass is 16.6. The lowest BCUT2D eigenvalue weighted by Crippen LogP contribution is -2.34. The monoisotopic (exact) mass is 268 g/mol. The van der Waals surface area contributed by atoms with Crippen LogP contribution in [0.5, 0.6) is 0 Å². The Morgan fingerprint density at radius 1 is 1.26 bits per heavy atom. The molecule has 1 aliphatic heterocycles. The number of rotatable bonds is 4. The van der Waals surface area contributed by atoms with E-state index < -0.39 is 35.7 Å². The van der Waals surface area contributed by atoms with Crippen molar-refractivity contribution in [1.29, 1.82) is 0 Å². The summed E-state index contributed by atoms with van der Waals surface area (Å²) in [7, 11) is 0. The summed E-state index contributed by atoms with van der Waals surface area (Å²) in [6, 6.07) is 0. The molecule has 104 valence electrons. The van der Waals surface area contributed by atoms with E-state index in [-0.39, 0.29) is 18.1 Å². The molecular weight excluding hydrogens is 252 g/mol. The Labute approximate surface area is 110 Å². The smallest absolute Gasteiger partial charge is 0.317 e. The molecule has 2 fully saturated rings. The molecule has 1 N–H and O–H groups in total. The summed E-state index contributed by atoms with van der Waals surface area (Å²) >= 11 is 0. The summed E-state index contributed by atoms with van der Waals surface area (Å²) < 4.78 is 4.59. The molecule has 6 heteroatoms. The molecule has 1 heterocycles. The molecule has 6 nitrogen and oxygen atoms in total. The van der Waals surface area contributed by atoms with Crippen molar-refractivity contribution in [3.63, 3.8) is 0 Å². The maximum atomic E-state index is 11.5. The lowest BCUT2D eigenvalue weighted by atomic mass is 9.70. The maximum Gasteiger partial charge on any atom is 0.317 e. The van der Waals surface area contributed by atoms with Crippen molar-refractivity contribution in [2.24, 2.45) is 23.7 Å². The van der Waals surface area contributed by atoms with Crippen molar-refractivity contribution >= 4 is 23.7 Å². The fourth-order valence-corrected chi connectivity index (χ4v) is 3.13. The molecule has 19 heavy (non-hydrogen) atoms. The second-order valence-electron chi connectivity index (χ2n) is 5.38. The number of carbonyl (C=O) groups is 4. The van der Waals surface area contributed by atoms with Crippen molar-refractivity contribution < 1.29 is 29.0 Å². The number of aliphatic carboxylic acids is 1. The van der Waals surface area contributed by atoms with E-state index in [2.05, 4.69) is 4.74 Å². The Kier molecular flexibility index (Phi) is 3.68. The van der Waals surface area contributed by atoms with Crippen LogP contribution in [0.15, 0.2) is 0 Å². The number of fused-ring (bicyclic) bond motifs is 1. The van der Waals surface area contributed by atoms with Crippen LogP contribution in [0.2, 0.25) is 0 Å². The predicted octanol–water partition coefficient (Wildman–Crippen LogP) is 0.782. The van der Waals surface area contributed by atoms with Gasteiger partial charge in [0.25, 0.3) is 0 Å². The van der Waals surface area contributed by atoms with Crippen molar-refractivity contribution in [3.8, 4) is 0 Å². The second kappa shape index (κ2) is 5.11. The number of ketones is 1. The first-order valence-electron chi connectivity index (χ1n) is 6.38. The van der Waals surface area contributed by atoms with Gasteiger partial charge in [-0.05, 0) is 32.1 Å². The fraction of sp³-hybridized carbons (Fsp3) is 0.692. The van der Waals surface area contributed by atoms with Gasteiger partial charge in [-0.2, -0.15) is 0 Å². The van der Waals surface area contributed by atoms with Gasteiger partial charge in [0.15, 0.2) is 0 Å². The van der Waals surface area contributed by atoms with E-state index in [0.717, 1.165) is 0 Å². The number of carboxylic acids is 1. The molecular formula is C13H16O6. The van der Waals surface area contributed by atoms with Gasteiger partial charge in [0.1, 0.15) is 5.78 Å². The second-order valence-corrected chi connectivity index (χ2v) is 5.38. The zero-order valence-electron chi connectivity index (χ0n) is 10.6. The largest absolute Gasteiger partial charge is 0.481 e. The molecule has 0 bridgehead atoms. The van der Waals surface area contributed by atoms with E-state index in [0.29, 0.717) is 19.3 Å². The van der Waals surface area contributed by atoms with Gasteiger partial charge in [0.2, 0.25) is 0 Å². The van der Waals surface area contributed by atoms with E-state index in [1.165, 1.54) is 6.92 Å². The third-order valence-corrected chi connectivity index (χ3v) is 4.09. The van der Waals surface area contributed by atoms with Crippen LogP contribution in [0.4, 0.5) is 0 Å². The van der Waals surface area contributed by atoms with Crippen LogP contribution in [-0.4, -0.2) is 28.8 Å². The van der Waals surface area contributed by atoms with Crippen LogP contribution in [0.3, 0.4) is 0 Å². The summed E-state index contributed by atoms with van der Waals surface area (Å²) in [5, 5.41) is 9.20. The molecule has 1 aliphatic carbocycles. The zero-order chi connectivity index (χ0) is 14.2. The third-order valence-electron chi connectivity index (χ3n) is 4.09. The number of hydrogen-bond acceptors (Lipinski definition) is 5. The third kappa shape index (κ3) is 2.67. The highest BCUT2D eigenvalue weighted by Crippen LogP contribution is 2.42. The normalized spacial score (nSPS) is 31.5. The minimum atomic E-state index is -1.02. The number of carboxylic acid groups (broad SMARTS) is 1. The number of Topliss-reactive ketones (excluding diaryl/α,β-unsaturated/α-hetero) is 1. The molecule has 0 radical (unpaired) electrons. The van der Waals surface area contributed by atoms with Gasteiger partial charge in [0, 0.05) is 6.42 Å². The fourth-order valence-electron chi connectivity index (χ4n) is 3.13. The van der Waals surface area contributed by atoms with Crippen LogP contribution in [0.25, 0.3) is 0 Å². The van der Waals surface area contributed by atoms with Gasteiger partial charge in [-0.1, -0.05) is 0 Å². The summed E-state index contributed by atoms with van der Waals surface area (Å²) in [6.07, 6.45) is 1.29. The first kappa shape index (κ1) is 13.7. The minimum Gasteiger partial charge on any atom is -0.481 e. The highest BCUT2D eigenvalue weighted by molar-refractivity contribution is 5.96. The molecule has 4 unspecified atom stereocenters. The zero-order valence-corrected chi connectivity index (χ0v) is 10.6. The Morgan fingerprint density at radius 2 is 1.89 bits per heavy atom. The van der Waals surface area contributed by atoms with Gasteiger partial charge in [-0.25, -0.2) is 0 Å². The highest BCUT2D eigenvalue weighted by Gasteiger charge is 2.49. The topological polar surface area (TPSA) is 97.7 Å². The average molecular weight is 268 g/mol. The molecule has 1 saturated carbocycles. The Bertz CT molecular complexity index is 440. The van der Waals surface area contributed by atoms with Crippen LogP contribution in [0.1, 0.15) is 32.6 Å². The number of hydrogen-bond donors (Lipinski definition) is 1. The molecule has 1 saturated heterocycles. The standard InChI is InChI=1S/C13H16O6/c1-6(14)4-9(11(15)16)7-2-3-8-10(5-7)13(18)19-12(8)17/h7-10H,2-5H2,1H3,(H,15,16). The molecule has 2 aliphatic rings. The van der Waals surface area contributed by atoms with E-state index in [9.17, 15) is 24.3 Å². The molecule has 0 amide bonds. The number of ether oxygens (including phenoxy) is 1. The van der Waals surface area contributed by atoms with Gasteiger partial charge >= 0.3 is 17.9 Å². The molecule has 0 aromatic heterocycles. The van der Waals surface area contributed by atoms with Crippen LogP contribution < -0.4 is 0 Å². The van der Waals surface area contributed by atoms with E-state index in [1.54, 1.807) is 0 Å². The van der Waals surface area contributed by atoms with Crippen LogP contribution >= 0.6 is 0 Å². The van der Waals surface area contributed by atoms with Gasteiger partial charge < -0.3 is 14.6 Å². The molecule has 0 aromatic rings. The SMILES string of the molecule is CC(=O)CC(C(=O)O)C1CCC2C(=O)OC(=O)C2C1. The lowest BCUT2D eigenvalue weighted by Gasteiger charge is -2.31. The molecule has 4 atom stereocenters. The van der Waals surface area contributed by atoms with Gasteiger partial charge in [-0.3, -0.25) is 14.4 Å². The Morgan fingerprint density at radius 3 is 2.47 bits per heavy atom. The first-order valence-corrected chi connectivity index (χ1v) is 6.38. The van der Waals surface area contributed by atoms with Crippen molar-refractivity contribution in [2.45, 2.75) is 32.6 Å². The summed E-state index contributed by atoms with van der Waals surface area (Å²) in [5.41, 5.74) is 0. The van der Waals surface area contributed by atoms with Gasteiger partial charge in [0.05, 0.1) is 17.8 Å². The van der Waals surface area contributed by atoms with E-state index >= 15 is 0 Å². The Hall–Kier alpha value is -1.72. The average Bonchev–Trinajstić information content (AvgIpc) is 2.61. The maximum absolute atomic E-state index is 11.5. The quantitative estimate of drug-likeness (QED) is 0.597. The summed E-state index contributed by atoms with van der Waals surface area (Å²) in [5.74, 6) is -4.21. The van der Waals surface area contributed by atoms with Gasteiger partial charge in [-0.15, -0.1) is 0 Å². The molecule has 0 spiro atoms. The first-order chi connectivity index (χ1) is 8.90. The van der Waals surface area contributed by atoms with Crippen molar-refractivity contribution in [2.75, 3.05) is 0 Å². The summed E-state index contributed by atoms with van der Waals surface area (Å²) in [4.78, 5) is 45.3. The van der Waals surface area contributed by atoms with Crippen LogP contribution in [-0.2, 0) is 23.9 Å². The van der Waals surface area contributed by atoms with E-state index in [1.807, 2.05) is 0 Å². The predicted molar refractivity (Wildman–Crippen MR) is 61.8 cm³/mol. The minimum absolute atomic E-state index is 0.0274. The van der Waals surface area contributed by atoms with E-state index in [4.69, 9.17) is 0 Å². The van der Waals surface area contributed by atoms with Crippen molar-refractivity contribution in [1.82, 2.24) is 0 Å². The van der Waals surface area contributed by atoms with Crippen molar-refractivity contribution in [3.05, 3.63) is 0 Å². The molecule has 2 rings (SSSR count). The number of cyclic esters (lactones) is 2. The summed E-state index contributed by atoms with van der Waals surface area (Å²) in [6.45, 7) is 1.36. The van der Waals surface area contributed by atoms with Crippen LogP contribution in [0, 0.1) is 23.7 Å². The molecule has 0 aromatic carbocycles. The Balaban J connectivity index is 2.10. The number of esters is 2. The lowest BCUT2D eigenvalue weighted by molar-refractivity contribution is -0.154.